The van der Waals surface area contributed by atoms with Gasteiger partial charge in [-0.25, -0.2) is 0 Å². The van der Waals surface area contributed by atoms with Crippen molar-refractivity contribution < 1.29 is 4.79 Å². The number of hydrogen-bond acceptors (Lipinski definition) is 2. The molecule has 1 heterocycles. The summed E-state index contributed by atoms with van der Waals surface area (Å²) >= 11 is 0. The molecule has 0 unspecified atom stereocenters. The molecule has 0 saturated carbocycles. The molecule has 0 atom stereocenters. The van der Waals surface area contributed by atoms with Crippen molar-refractivity contribution in [2.24, 2.45) is 0 Å². The summed E-state index contributed by atoms with van der Waals surface area (Å²) in [5.41, 5.74) is 0. The topological polar surface area (TPSA) is 23.6 Å². The summed E-state index contributed by atoms with van der Waals surface area (Å²) in [7, 11) is 1.93. The molecule has 0 spiro atoms. The molecule has 0 aliphatic carbocycles. The van der Waals surface area contributed by atoms with Gasteiger partial charge in [-0.3, -0.25) is 9.69 Å². The molecule has 1 aliphatic heterocycles. The standard InChI is InChI=1S/C13H26N2O/c1-3-4-9-14(2)13(16)12-15-10-7-5-6-8-11-15/h3-12H2,1-2H3. The molecular formula is C13H26N2O. The molecular weight excluding hydrogens is 200 g/mol. The molecule has 1 amide bonds. The molecule has 94 valence electrons. The molecule has 1 fully saturated rings. The quantitative estimate of drug-likeness (QED) is 0.717. The number of rotatable bonds is 5. The predicted molar refractivity (Wildman–Crippen MR) is 67.5 cm³/mol. The summed E-state index contributed by atoms with van der Waals surface area (Å²) < 4.78 is 0. The average molecular weight is 226 g/mol. The number of carbonyl (C=O) groups excluding carboxylic acids is 1. The Morgan fingerprint density at radius 2 is 1.81 bits per heavy atom. The van der Waals surface area contributed by atoms with Gasteiger partial charge in [0.15, 0.2) is 0 Å². The molecule has 3 heteroatoms. The van der Waals surface area contributed by atoms with E-state index in [4.69, 9.17) is 0 Å². The molecule has 0 aromatic heterocycles. The third kappa shape index (κ3) is 4.97. The van der Waals surface area contributed by atoms with Gasteiger partial charge in [-0.05, 0) is 32.4 Å². The van der Waals surface area contributed by atoms with Crippen molar-refractivity contribution in [1.29, 1.82) is 0 Å². The van der Waals surface area contributed by atoms with E-state index in [9.17, 15) is 4.79 Å². The van der Waals surface area contributed by atoms with Gasteiger partial charge in [0.05, 0.1) is 6.54 Å². The molecule has 0 aromatic rings. The van der Waals surface area contributed by atoms with Crippen molar-refractivity contribution in [2.75, 3.05) is 33.2 Å². The normalized spacial score (nSPS) is 18.1. The van der Waals surface area contributed by atoms with E-state index >= 15 is 0 Å². The van der Waals surface area contributed by atoms with Gasteiger partial charge in [0.25, 0.3) is 0 Å². The Labute approximate surface area is 99.8 Å². The summed E-state index contributed by atoms with van der Waals surface area (Å²) in [5, 5.41) is 0. The van der Waals surface area contributed by atoms with E-state index in [1.807, 2.05) is 11.9 Å². The van der Waals surface area contributed by atoms with Crippen LogP contribution in [0.3, 0.4) is 0 Å². The lowest BCUT2D eigenvalue weighted by atomic mass is 10.2. The second-order valence-corrected chi connectivity index (χ2v) is 4.86. The first kappa shape index (κ1) is 13.5. The average Bonchev–Trinajstić information content (AvgIpc) is 2.54. The lowest BCUT2D eigenvalue weighted by Crippen LogP contribution is -2.39. The van der Waals surface area contributed by atoms with E-state index in [0.29, 0.717) is 6.54 Å². The third-order valence-electron chi connectivity index (χ3n) is 3.33. The van der Waals surface area contributed by atoms with E-state index in [1.54, 1.807) is 0 Å². The Hall–Kier alpha value is -0.570. The Balaban J connectivity index is 2.25. The summed E-state index contributed by atoms with van der Waals surface area (Å²) in [6, 6.07) is 0. The first-order chi connectivity index (χ1) is 7.74. The molecule has 0 aromatic carbocycles. The molecule has 1 rings (SSSR count). The van der Waals surface area contributed by atoms with Crippen LogP contribution in [0, 0.1) is 0 Å². The first-order valence-electron chi connectivity index (χ1n) is 6.70. The number of nitrogens with zero attached hydrogens (tertiary/aromatic N) is 2. The van der Waals surface area contributed by atoms with Crippen LogP contribution >= 0.6 is 0 Å². The number of hydrogen-bond donors (Lipinski definition) is 0. The minimum Gasteiger partial charge on any atom is -0.345 e. The highest BCUT2D eigenvalue weighted by Gasteiger charge is 2.15. The van der Waals surface area contributed by atoms with Gasteiger partial charge in [0, 0.05) is 13.6 Å². The van der Waals surface area contributed by atoms with Gasteiger partial charge in [-0.2, -0.15) is 0 Å². The third-order valence-corrected chi connectivity index (χ3v) is 3.33. The molecule has 1 saturated heterocycles. The number of likely N-dealkylation sites (N-methyl/N-ethyl adjacent to an activating group) is 1. The predicted octanol–water partition coefficient (Wildman–Crippen LogP) is 2.12. The van der Waals surface area contributed by atoms with Crippen molar-refractivity contribution >= 4 is 5.91 Å². The fourth-order valence-electron chi connectivity index (χ4n) is 2.13. The summed E-state index contributed by atoms with van der Waals surface area (Å²) in [4.78, 5) is 16.1. The maximum atomic E-state index is 11.9. The summed E-state index contributed by atoms with van der Waals surface area (Å²) in [6.45, 7) is 5.90. The highest BCUT2D eigenvalue weighted by Crippen LogP contribution is 2.09. The SMILES string of the molecule is CCCCN(C)C(=O)CN1CCCCCC1. The van der Waals surface area contributed by atoms with Crippen LogP contribution in [0.2, 0.25) is 0 Å². The molecule has 0 radical (unpaired) electrons. The zero-order chi connectivity index (χ0) is 11.8. The van der Waals surface area contributed by atoms with Crippen LogP contribution in [0.5, 0.6) is 0 Å². The van der Waals surface area contributed by atoms with Crippen LogP contribution in [-0.2, 0) is 4.79 Å². The van der Waals surface area contributed by atoms with Gasteiger partial charge in [-0.1, -0.05) is 26.2 Å². The van der Waals surface area contributed by atoms with Crippen LogP contribution in [-0.4, -0.2) is 48.9 Å². The molecule has 3 nitrogen and oxygen atoms in total. The zero-order valence-electron chi connectivity index (χ0n) is 10.9. The second kappa shape index (κ2) is 7.66. The lowest BCUT2D eigenvalue weighted by Gasteiger charge is -2.23. The van der Waals surface area contributed by atoms with Crippen LogP contribution in [0.4, 0.5) is 0 Å². The highest BCUT2D eigenvalue weighted by atomic mass is 16.2. The van der Waals surface area contributed by atoms with Crippen molar-refractivity contribution in [3.05, 3.63) is 0 Å². The second-order valence-electron chi connectivity index (χ2n) is 4.86. The van der Waals surface area contributed by atoms with Crippen molar-refractivity contribution in [3.8, 4) is 0 Å². The van der Waals surface area contributed by atoms with E-state index in [-0.39, 0.29) is 5.91 Å². The van der Waals surface area contributed by atoms with Crippen molar-refractivity contribution in [3.63, 3.8) is 0 Å². The molecule has 0 bridgehead atoms. The van der Waals surface area contributed by atoms with E-state index < -0.39 is 0 Å². The summed E-state index contributed by atoms with van der Waals surface area (Å²) in [6.07, 6.45) is 7.44. The Kier molecular flexibility index (Phi) is 6.46. The summed E-state index contributed by atoms with van der Waals surface area (Å²) in [5.74, 6) is 0.287. The van der Waals surface area contributed by atoms with Gasteiger partial charge in [0.1, 0.15) is 0 Å². The fourth-order valence-corrected chi connectivity index (χ4v) is 2.13. The number of amides is 1. The van der Waals surface area contributed by atoms with Crippen LogP contribution < -0.4 is 0 Å². The first-order valence-corrected chi connectivity index (χ1v) is 6.70. The number of likely N-dealkylation sites (tertiary alicyclic amines) is 1. The van der Waals surface area contributed by atoms with E-state index in [1.165, 1.54) is 25.7 Å². The van der Waals surface area contributed by atoms with Crippen LogP contribution in [0.15, 0.2) is 0 Å². The lowest BCUT2D eigenvalue weighted by molar-refractivity contribution is -0.131. The highest BCUT2D eigenvalue weighted by molar-refractivity contribution is 5.77. The molecule has 1 aliphatic rings. The number of unbranched alkanes of at least 4 members (excludes halogenated alkanes) is 1. The molecule has 16 heavy (non-hydrogen) atoms. The van der Waals surface area contributed by atoms with Crippen LogP contribution in [0.25, 0.3) is 0 Å². The largest absolute Gasteiger partial charge is 0.345 e. The van der Waals surface area contributed by atoms with E-state index in [0.717, 1.165) is 32.5 Å². The van der Waals surface area contributed by atoms with Crippen LogP contribution in [0.1, 0.15) is 45.4 Å². The maximum Gasteiger partial charge on any atom is 0.236 e. The van der Waals surface area contributed by atoms with Gasteiger partial charge in [0.2, 0.25) is 5.91 Å². The maximum absolute atomic E-state index is 11.9. The smallest absolute Gasteiger partial charge is 0.236 e. The van der Waals surface area contributed by atoms with Crippen molar-refractivity contribution in [2.45, 2.75) is 45.4 Å². The monoisotopic (exact) mass is 226 g/mol. The molecule has 0 N–H and O–H groups in total. The minimum atomic E-state index is 0.287. The van der Waals surface area contributed by atoms with Gasteiger partial charge < -0.3 is 4.90 Å². The van der Waals surface area contributed by atoms with E-state index in [2.05, 4.69) is 11.8 Å². The van der Waals surface area contributed by atoms with Gasteiger partial charge in [-0.15, -0.1) is 0 Å². The fraction of sp³-hybridized carbons (Fsp3) is 0.923. The minimum absolute atomic E-state index is 0.287. The Morgan fingerprint density at radius 1 is 1.19 bits per heavy atom. The Bertz CT molecular complexity index is 198. The van der Waals surface area contributed by atoms with Crippen molar-refractivity contribution in [1.82, 2.24) is 9.80 Å². The number of carbonyl (C=O) groups is 1. The zero-order valence-corrected chi connectivity index (χ0v) is 10.9. The van der Waals surface area contributed by atoms with Gasteiger partial charge >= 0.3 is 0 Å². The Morgan fingerprint density at radius 3 is 2.38 bits per heavy atom.